The summed E-state index contributed by atoms with van der Waals surface area (Å²) in [5, 5.41) is 3.13. The van der Waals surface area contributed by atoms with Crippen molar-refractivity contribution in [1.29, 1.82) is 0 Å². The van der Waals surface area contributed by atoms with E-state index in [9.17, 15) is 9.59 Å². The Labute approximate surface area is 175 Å². The van der Waals surface area contributed by atoms with Crippen molar-refractivity contribution >= 4 is 17.5 Å². The molecular formula is C24H37N3O2. The van der Waals surface area contributed by atoms with Crippen LogP contribution in [-0.2, 0) is 16.1 Å². The molecule has 1 aromatic rings. The molecule has 3 rings (SSSR count). The number of benzene rings is 1. The minimum Gasteiger partial charge on any atom is -0.339 e. The topological polar surface area (TPSA) is 52.7 Å². The van der Waals surface area contributed by atoms with Crippen molar-refractivity contribution in [1.82, 2.24) is 9.80 Å². The zero-order valence-corrected chi connectivity index (χ0v) is 18.3. The van der Waals surface area contributed by atoms with Crippen LogP contribution in [0.4, 0.5) is 5.69 Å². The Hall–Kier alpha value is -1.88. The van der Waals surface area contributed by atoms with Crippen molar-refractivity contribution in [2.24, 2.45) is 5.92 Å². The van der Waals surface area contributed by atoms with Crippen LogP contribution in [0.3, 0.4) is 0 Å². The molecular weight excluding hydrogens is 362 g/mol. The van der Waals surface area contributed by atoms with Gasteiger partial charge in [-0.1, -0.05) is 51.3 Å². The predicted octanol–water partition coefficient (Wildman–Crippen LogP) is 4.43. The molecule has 2 amide bonds. The third-order valence-corrected chi connectivity index (χ3v) is 6.81. The number of amides is 2. The molecule has 5 nitrogen and oxygen atoms in total. The molecule has 5 heteroatoms. The van der Waals surface area contributed by atoms with Gasteiger partial charge in [0.25, 0.3) is 0 Å². The van der Waals surface area contributed by atoms with Gasteiger partial charge in [0.1, 0.15) is 0 Å². The van der Waals surface area contributed by atoms with Gasteiger partial charge >= 0.3 is 0 Å². The van der Waals surface area contributed by atoms with E-state index in [0.717, 1.165) is 30.6 Å². The molecule has 160 valence electrons. The van der Waals surface area contributed by atoms with Gasteiger partial charge in [-0.15, -0.1) is 0 Å². The lowest BCUT2D eigenvalue weighted by Gasteiger charge is -2.31. The van der Waals surface area contributed by atoms with Gasteiger partial charge in [0.15, 0.2) is 0 Å². The Morgan fingerprint density at radius 1 is 1.17 bits per heavy atom. The largest absolute Gasteiger partial charge is 0.339 e. The van der Waals surface area contributed by atoms with Gasteiger partial charge in [0, 0.05) is 37.3 Å². The molecule has 1 N–H and O–H groups in total. The smallest absolute Gasteiger partial charge is 0.229 e. The van der Waals surface area contributed by atoms with E-state index in [4.69, 9.17) is 0 Å². The lowest BCUT2D eigenvalue weighted by atomic mass is 9.94. The van der Waals surface area contributed by atoms with Gasteiger partial charge in [0.05, 0.1) is 5.92 Å². The molecule has 29 heavy (non-hydrogen) atoms. The highest BCUT2D eigenvalue weighted by atomic mass is 16.2. The average Bonchev–Trinajstić information content (AvgIpc) is 3.13. The average molecular weight is 400 g/mol. The Morgan fingerprint density at radius 2 is 1.86 bits per heavy atom. The highest BCUT2D eigenvalue weighted by Gasteiger charge is 2.37. The van der Waals surface area contributed by atoms with Crippen LogP contribution in [0, 0.1) is 5.92 Å². The van der Waals surface area contributed by atoms with Gasteiger partial charge in [-0.2, -0.15) is 0 Å². The van der Waals surface area contributed by atoms with Crippen molar-refractivity contribution in [2.75, 3.05) is 18.9 Å². The second kappa shape index (κ2) is 10.2. The maximum absolute atomic E-state index is 12.9. The van der Waals surface area contributed by atoms with Gasteiger partial charge in [-0.05, 0) is 44.4 Å². The summed E-state index contributed by atoms with van der Waals surface area (Å²) in [5.41, 5.74) is 2.03. The summed E-state index contributed by atoms with van der Waals surface area (Å²) in [7, 11) is 2.19. The number of likely N-dealkylation sites (tertiary alicyclic amines) is 1. The molecule has 2 fully saturated rings. The fourth-order valence-electron chi connectivity index (χ4n) is 4.92. The first-order valence-corrected chi connectivity index (χ1v) is 11.4. The summed E-state index contributed by atoms with van der Waals surface area (Å²) in [6, 6.07) is 8.97. The van der Waals surface area contributed by atoms with E-state index >= 15 is 0 Å². The van der Waals surface area contributed by atoms with E-state index in [2.05, 4.69) is 37.2 Å². The van der Waals surface area contributed by atoms with E-state index in [1.807, 2.05) is 23.1 Å². The van der Waals surface area contributed by atoms with Gasteiger partial charge in [-0.3, -0.25) is 14.5 Å². The van der Waals surface area contributed by atoms with E-state index < -0.39 is 0 Å². The van der Waals surface area contributed by atoms with Crippen LogP contribution >= 0.6 is 0 Å². The second-order valence-corrected chi connectivity index (χ2v) is 8.77. The molecule has 1 unspecified atom stereocenters. The van der Waals surface area contributed by atoms with Crippen LogP contribution in [-0.4, -0.2) is 47.3 Å². The highest BCUT2D eigenvalue weighted by molar-refractivity contribution is 5.97. The van der Waals surface area contributed by atoms with Crippen molar-refractivity contribution in [3.63, 3.8) is 0 Å². The number of anilines is 1. The first-order chi connectivity index (χ1) is 14.0. The standard InChI is InChI=1S/C24H37N3O2/c1-4-20(5-2)27-17-19(15-23(27)28)24(29)25-22-14-10-9-11-18(22)16-26(3)21-12-7-6-8-13-21/h9-11,14,19-21H,4-8,12-13,15-17H2,1-3H3,(H,25,29). The van der Waals surface area contributed by atoms with Crippen molar-refractivity contribution in [2.45, 2.75) is 83.8 Å². The van der Waals surface area contributed by atoms with Crippen LogP contribution in [0.5, 0.6) is 0 Å². The molecule has 0 aromatic heterocycles. The summed E-state index contributed by atoms with van der Waals surface area (Å²) < 4.78 is 0. The molecule has 1 aliphatic heterocycles. The molecule has 1 aromatic carbocycles. The number of para-hydroxylation sites is 1. The molecule has 1 saturated heterocycles. The Kier molecular flexibility index (Phi) is 7.70. The first kappa shape index (κ1) is 21.8. The summed E-state index contributed by atoms with van der Waals surface area (Å²) in [6.45, 7) is 5.59. The molecule has 1 saturated carbocycles. The minimum atomic E-state index is -0.257. The maximum Gasteiger partial charge on any atom is 0.229 e. The zero-order chi connectivity index (χ0) is 20.8. The van der Waals surface area contributed by atoms with Crippen molar-refractivity contribution in [3.05, 3.63) is 29.8 Å². The Bertz CT molecular complexity index is 695. The fraction of sp³-hybridized carbons (Fsp3) is 0.667. The van der Waals surface area contributed by atoms with Gasteiger partial charge in [0.2, 0.25) is 11.8 Å². The summed E-state index contributed by atoms with van der Waals surface area (Å²) >= 11 is 0. The number of carbonyl (C=O) groups is 2. The van der Waals surface area contributed by atoms with E-state index in [1.54, 1.807) is 0 Å². The van der Waals surface area contributed by atoms with Crippen LogP contribution in [0.25, 0.3) is 0 Å². The second-order valence-electron chi connectivity index (χ2n) is 8.77. The monoisotopic (exact) mass is 399 g/mol. The van der Waals surface area contributed by atoms with E-state index in [1.165, 1.54) is 32.1 Å². The summed E-state index contributed by atoms with van der Waals surface area (Å²) in [5.74, 6) is -0.170. The first-order valence-electron chi connectivity index (χ1n) is 11.4. The third-order valence-electron chi connectivity index (χ3n) is 6.81. The highest BCUT2D eigenvalue weighted by Crippen LogP contribution is 2.27. The lowest BCUT2D eigenvalue weighted by Crippen LogP contribution is -2.36. The number of hydrogen-bond acceptors (Lipinski definition) is 3. The quantitative estimate of drug-likeness (QED) is 0.704. The number of hydrogen-bond donors (Lipinski definition) is 1. The SMILES string of the molecule is CCC(CC)N1CC(C(=O)Nc2ccccc2CN(C)C2CCCCC2)CC1=O. The fourth-order valence-corrected chi connectivity index (χ4v) is 4.92. The lowest BCUT2D eigenvalue weighted by molar-refractivity contribution is -0.130. The van der Waals surface area contributed by atoms with Crippen LogP contribution in [0.2, 0.25) is 0 Å². The molecule has 1 heterocycles. The third kappa shape index (κ3) is 5.39. The molecule has 0 bridgehead atoms. The number of nitrogens with one attached hydrogen (secondary N) is 1. The van der Waals surface area contributed by atoms with Crippen LogP contribution in [0.1, 0.15) is 70.8 Å². The number of nitrogens with zero attached hydrogens (tertiary/aromatic N) is 2. The van der Waals surface area contributed by atoms with Gasteiger partial charge in [-0.25, -0.2) is 0 Å². The molecule has 0 radical (unpaired) electrons. The molecule has 0 spiro atoms. The number of rotatable bonds is 8. The molecule has 1 aliphatic carbocycles. The van der Waals surface area contributed by atoms with Crippen LogP contribution < -0.4 is 5.32 Å². The van der Waals surface area contributed by atoms with E-state index in [-0.39, 0.29) is 23.8 Å². The minimum absolute atomic E-state index is 0.0282. The zero-order valence-electron chi connectivity index (χ0n) is 18.3. The Balaban J connectivity index is 1.63. The normalized spacial score (nSPS) is 20.7. The van der Waals surface area contributed by atoms with Crippen molar-refractivity contribution in [3.8, 4) is 0 Å². The predicted molar refractivity (Wildman–Crippen MR) is 118 cm³/mol. The van der Waals surface area contributed by atoms with Crippen molar-refractivity contribution < 1.29 is 9.59 Å². The van der Waals surface area contributed by atoms with Crippen LogP contribution in [0.15, 0.2) is 24.3 Å². The summed E-state index contributed by atoms with van der Waals surface area (Å²) in [6.07, 6.45) is 8.71. The molecule has 2 aliphatic rings. The van der Waals surface area contributed by atoms with Gasteiger partial charge < -0.3 is 10.2 Å². The summed E-state index contributed by atoms with van der Waals surface area (Å²) in [4.78, 5) is 29.7. The molecule has 1 atom stereocenters. The Morgan fingerprint density at radius 3 is 2.55 bits per heavy atom. The number of carbonyl (C=O) groups excluding carboxylic acids is 2. The van der Waals surface area contributed by atoms with E-state index in [0.29, 0.717) is 19.0 Å². The maximum atomic E-state index is 12.9.